The summed E-state index contributed by atoms with van der Waals surface area (Å²) >= 11 is 0. The highest BCUT2D eigenvalue weighted by molar-refractivity contribution is 5.95. The summed E-state index contributed by atoms with van der Waals surface area (Å²) in [4.78, 5) is 22.6. The van der Waals surface area contributed by atoms with Gasteiger partial charge in [0.2, 0.25) is 6.10 Å². The van der Waals surface area contributed by atoms with E-state index >= 15 is 0 Å². The quantitative estimate of drug-likeness (QED) is 0.464. The zero-order valence-electron chi connectivity index (χ0n) is 15.7. The number of anilines is 1. The highest BCUT2D eigenvalue weighted by Gasteiger charge is 2.20. The van der Waals surface area contributed by atoms with Crippen LogP contribution >= 0.6 is 0 Å². The third-order valence-electron chi connectivity index (χ3n) is 4.26. The number of carbonyl (C=O) groups excluding carboxylic acids is 2. The van der Waals surface area contributed by atoms with Gasteiger partial charge in [-0.3, -0.25) is 4.79 Å². The zero-order valence-corrected chi connectivity index (χ0v) is 15.7. The molecule has 6 heteroatoms. The van der Waals surface area contributed by atoms with Gasteiger partial charge in [-0.05, 0) is 30.5 Å². The molecule has 0 fully saturated rings. The van der Waals surface area contributed by atoms with E-state index in [0.717, 1.165) is 6.42 Å². The molecular weight excluding hydrogens is 332 g/mol. The van der Waals surface area contributed by atoms with E-state index in [1.54, 1.807) is 12.1 Å². The molecule has 2 amide bonds. The standard InChI is InChI=1S/C20H32N2O4/c1-2-3-4-5-6-7-8-9-10-16-11-13-17(14-12-16)22-19(24)18(15-23)26-20(21)25/h11-14,18,23H,2-10,15H2,1H3,(H2,21,25)(H,22,24)/t18-/m1/s1. The van der Waals surface area contributed by atoms with Crippen LogP contribution in [0.1, 0.15) is 63.9 Å². The van der Waals surface area contributed by atoms with E-state index in [2.05, 4.69) is 17.0 Å². The number of unbranched alkanes of at least 4 members (excludes halogenated alkanes) is 7. The van der Waals surface area contributed by atoms with Crippen molar-refractivity contribution >= 4 is 17.7 Å². The summed E-state index contributed by atoms with van der Waals surface area (Å²) in [6.45, 7) is 1.61. The second-order valence-corrected chi connectivity index (χ2v) is 6.52. The Morgan fingerprint density at radius 2 is 1.62 bits per heavy atom. The first-order chi connectivity index (χ1) is 12.6. The van der Waals surface area contributed by atoms with Crippen LogP contribution < -0.4 is 11.1 Å². The van der Waals surface area contributed by atoms with Gasteiger partial charge in [0, 0.05) is 5.69 Å². The van der Waals surface area contributed by atoms with Gasteiger partial charge in [0.1, 0.15) is 0 Å². The molecule has 0 aliphatic heterocycles. The van der Waals surface area contributed by atoms with Crippen molar-refractivity contribution in [2.75, 3.05) is 11.9 Å². The van der Waals surface area contributed by atoms with Crippen LogP contribution in [0.3, 0.4) is 0 Å². The zero-order chi connectivity index (χ0) is 19.2. The van der Waals surface area contributed by atoms with Gasteiger partial charge in [0.15, 0.2) is 0 Å². The number of aryl methyl sites for hydroxylation is 1. The van der Waals surface area contributed by atoms with Crippen LogP contribution in [0.15, 0.2) is 24.3 Å². The average Bonchev–Trinajstić information content (AvgIpc) is 2.63. The average molecular weight is 364 g/mol. The lowest BCUT2D eigenvalue weighted by atomic mass is 10.0. The maximum atomic E-state index is 11.9. The van der Waals surface area contributed by atoms with Crippen LogP contribution in [-0.2, 0) is 16.0 Å². The molecule has 1 atom stereocenters. The Morgan fingerprint density at radius 3 is 2.15 bits per heavy atom. The second-order valence-electron chi connectivity index (χ2n) is 6.52. The summed E-state index contributed by atoms with van der Waals surface area (Å²) in [5, 5.41) is 11.7. The van der Waals surface area contributed by atoms with Gasteiger partial charge in [-0.2, -0.15) is 0 Å². The number of carbonyl (C=O) groups is 2. The molecular formula is C20H32N2O4. The minimum atomic E-state index is -1.30. The van der Waals surface area contributed by atoms with E-state index < -0.39 is 24.7 Å². The monoisotopic (exact) mass is 364 g/mol. The first-order valence-electron chi connectivity index (χ1n) is 9.53. The fraction of sp³-hybridized carbons (Fsp3) is 0.600. The highest BCUT2D eigenvalue weighted by Crippen LogP contribution is 2.14. The molecule has 0 unspecified atom stereocenters. The van der Waals surface area contributed by atoms with Crippen LogP contribution in [0.2, 0.25) is 0 Å². The van der Waals surface area contributed by atoms with Crippen molar-refractivity contribution in [3.05, 3.63) is 29.8 Å². The van der Waals surface area contributed by atoms with E-state index in [1.807, 2.05) is 12.1 Å². The number of hydrogen-bond acceptors (Lipinski definition) is 4. The second kappa shape index (κ2) is 13.2. The van der Waals surface area contributed by atoms with Crippen LogP contribution in [0.25, 0.3) is 0 Å². The predicted molar refractivity (Wildman–Crippen MR) is 103 cm³/mol. The van der Waals surface area contributed by atoms with Crippen molar-refractivity contribution in [2.24, 2.45) is 5.73 Å². The Kier molecular flexibility index (Phi) is 11.1. The number of nitrogens with one attached hydrogen (secondary N) is 1. The van der Waals surface area contributed by atoms with E-state index in [0.29, 0.717) is 5.69 Å². The molecule has 4 N–H and O–H groups in total. The molecule has 26 heavy (non-hydrogen) atoms. The van der Waals surface area contributed by atoms with Gasteiger partial charge < -0.3 is 20.9 Å². The number of rotatable bonds is 13. The highest BCUT2D eigenvalue weighted by atomic mass is 16.6. The smallest absolute Gasteiger partial charge is 0.405 e. The molecule has 0 aliphatic rings. The number of hydrogen-bond donors (Lipinski definition) is 3. The summed E-state index contributed by atoms with van der Waals surface area (Å²) < 4.78 is 4.54. The number of aliphatic hydroxyl groups excluding tert-OH is 1. The minimum Gasteiger partial charge on any atom is -0.434 e. The molecule has 0 saturated carbocycles. The van der Waals surface area contributed by atoms with Gasteiger partial charge in [-0.15, -0.1) is 0 Å². The van der Waals surface area contributed by atoms with Crippen molar-refractivity contribution in [3.8, 4) is 0 Å². The maximum Gasteiger partial charge on any atom is 0.405 e. The van der Waals surface area contributed by atoms with Gasteiger partial charge in [0.25, 0.3) is 5.91 Å². The van der Waals surface area contributed by atoms with Crippen LogP contribution in [0, 0.1) is 0 Å². The largest absolute Gasteiger partial charge is 0.434 e. The maximum absolute atomic E-state index is 11.9. The topological polar surface area (TPSA) is 102 Å². The number of primary amides is 1. The van der Waals surface area contributed by atoms with Gasteiger partial charge in [-0.1, -0.05) is 64.0 Å². The van der Waals surface area contributed by atoms with Crippen molar-refractivity contribution in [1.82, 2.24) is 0 Å². The first kappa shape index (κ1) is 22.0. The molecule has 0 radical (unpaired) electrons. The summed E-state index contributed by atoms with van der Waals surface area (Å²) in [5.41, 5.74) is 6.67. The molecule has 1 aromatic rings. The minimum absolute atomic E-state index is 0.584. The molecule has 1 aromatic carbocycles. The Labute approximate surface area is 156 Å². The van der Waals surface area contributed by atoms with Crippen molar-refractivity contribution < 1.29 is 19.4 Å². The number of ether oxygens (including phenoxy) is 1. The SMILES string of the molecule is CCCCCCCCCCc1ccc(NC(=O)[C@@H](CO)OC(N)=O)cc1. The third-order valence-corrected chi connectivity index (χ3v) is 4.26. The van der Waals surface area contributed by atoms with E-state index in [4.69, 9.17) is 10.8 Å². The molecule has 146 valence electrons. The number of aliphatic hydroxyl groups is 1. The molecule has 0 aliphatic carbocycles. The number of benzene rings is 1. The molecule has 0 aromatic heterocycles. The molecule has 0 spiro atoms. The Morgan fingerprint density at radius 1 is 1.04 bits per heavy atom. The van der Waals surface area contributed by atoms with Crippen molar-refractivity contribution in [2.45, 2.75) is 70.8 Å². The molecule has 1 rings (SSSR count). The lowest BCUT2D eigenvalue weighted by molar-refractivity contribution is -0.125. The number of nitrogens with two attached hydrogens (primary N) is 1. The van der Waals surface area contributed by atoms with Gasteiger partial charge in [0.05, 0.1) is 6.61 Å². The van der Waals surface area contributed by atoms with Gasteiger partial charge >= 0.3 is 6.09 Å². The first-order valence-corrected chi connectivity index (χ1v) is 9.53. The van der Waals surface area contributed by atoms with Gasteiger partial charge in [-0.25, -0.2) is 4.79 Å². The molecule has 0 bridgehead atoms. The van der Waals surface area contributed by atoms with E-state index in [9.17, 15) is 9.59 Å². The third kappa shape index (κ3) is 9.42. The summed E-state index contributed by atoms with van der Waals surface area (Å²) in [7, 11) is 0. The van der Waals surface area contributed by atoms with Crippen LogP contribution in [-0.4, -0.2) is 29.8 Å². The molecule has 0 heterocycles. The van der Waals surface area contributed by atoms with Crippen LogP contribution in [0.4, 0.5) is 10.5 Å². The predicted octanol–water partition coefficient (Wildman–Crippen LogP) is 3.76. The lowest BCUT2D eigenvalue weighted by Gasteiger charge is -2.14. The van der Waals surface area contributed by atoms with Crippen molar-refractivity contribution in [1.29, 1.82) is 0 Å². The Bertz CT molecular complexity index is 531. The lowest BCUT2D eigenvalue weighted by Crippen LogP contribution is -2.36. The summed E-state index contributed by atoms with van der Waals surface area (Å²) in [6, 6.07) is 7.55. The molecule has 0 saturated heterocycles. The summed E-state index contributed by atoms with van der Waals surface area (Å²) in [5.74, 6) is -0.609. The fourth-order valence-electron chi connectivity index (χ4n) is 2.75. The van der Waals surface area contributed by atoms with Crippen LogP contribution in [0.5, 0.6) is 0 Å². The molecule has 6 nitrogen and oxygen atoms in total. The fourth-order valence-corrected chi connectivity index (χ4v) is 2.75. The normalized spacial score (nSPS) is 11.8. The Hall–Kier alpha value is -2.08. The van der Waals surface area contributed by atoms with E-state index in [-0.39, 0.29) is 0 Å². The Balaban J connectivity index is 2.28. The number of amides is 2. The summed E-state index contributed by atoms with van der Waals surface area (Å²) in [6.07, 6.45) is 8.97. The van der Waals surface area contributed by atoms with E-state index in [1.165, 1.54) is 56.9 Å². The van der Waals surface area contributed by atoms with Crippen molar-refractivity contribution in [3.63, 3.8) is 0 Å².